The number of aryl methyl sites for hydroxylation is 1. The third-order valence-corrected chi connectivity index (χ3v) is 1.93. The van der Waals surface area contributed by atoms with Crippen LogP contribution < -0.4 is 0 Å². The van der Waals surface area contributed by atoms with Crippen molar-refractivity contribution in [2.24, 2.45) is 4.99 Å². The summed E-state index contributed by atoms with van der Waals surface area (Å²) in [6.45, 7) is 2.11. The van der Waals surface area contributed by atoms with E-state index in [2.05, 4.69) is 36.2 Å². The maximum atomic E-state index is 4.10. The van der Waals surface area contributed by atoms with Gasteiger partial charge in [-0.2, -0.15) is 0 Å². The Morgan fingerprint density at radius 3 is 2.45 bits per heavy atom. The Morgan fingerprint density at radius 1 is 1.27 bits per heavy atom. The van der Waals surface area contributed by atoms with Crippen molar-refractivity contribution in [1.29, 1.82) is 0 Å². The predicted molar refractivity (Wildman–Crippen MR) is 47.2 cm³/mol. The lowest BCUT2D eigenvalue weighted by Crippen LogP contribution is -1.93. The summed E-state index contributed by atoms with van der Waals surface area (Å²) >= 11 is 0. The fourth-order valence-corrected chi connectivity index (χ4v) is 1.13. The molecule has 1 aromatic carbocycles. The molecule has 0 amide bonds. The van der Waals surface area contributed by atoms with E-state index in [0.717, 1.165) is 6.42 Å². The van der Waals surface area contributed by atoms with E-state index in [9.17, 15) is 0 Å². The van der Waals surface area contributed by atoms with E-state index < -0.39 is 0 Å². The molecule has 0 saturated heterocycles. The number of hydrogen-bond acceptors (Lipinski definition) is 1. The van der Waals surface area contributed by atoms with Gasteiger partial charge in [0.2, 0.25) is 0 Å². The van der Waals surface area contributed by atoms with Crippen LogP contribution in [-0.4, -0.2) is 12.3 Å². The number of rotatable bonds is 2. The minimum atomic E-state index is 0.512. The molecule has 1 unspecified atom stereocenters. The van der Waals surface area contributed by atoms with Gasteiger partial charge in [0.25, 0.3) is 0 Å². The summed E-state index contributed by atoms with van der Waals surface area (Å²) in [5.41, 5.74) is 2.71. The van der Waals surface area contributed by atoms with E-state index in [0.29, 0.717) is 6.04 Å². The van der Waals surface area contributed by atoms with Crippen LogP contribution in [0.4, 0.5) is 0 Å². The Balaban J connectivity index is 2.06. The molecule has 1 aromatic rings. The van der Waals surface area contributed by atoms with Crippen molar-refractivity contribution in [3.05, 3.63) is 35.4 Å². The van der Waals surface area contributed by atoms with Gasteiger partial charge in [0, 0.05) is 6.21 Å². The third-order valence-electron chi connectivity index (χ3n) is 1.93. The molecular weight excluding hydrogens is 134 g/mol. The highest BCUT2D eigenvalue weighted by atomic mass is 14.9. The first-order valence-corrected chi connectivity index (χ1v) is 3.93. The van der Waals surface area contributed by atoms with Crippen LogP contribution in [0.2, 0.25) is 0 Å². The second kappa shape index (κ2) is 2.50. The van der Waals surface area contributed by atoms with Crippen molar-refractivity contribution in [2.45, 2.75) is 19.4 Å². The SMILES string of the molecule is Cc1ccc(CC2C=N2)cc1. The van der Waals surface area contributed by atoms with Crippen LogP contribution in [0.15, 0.2) is 29.3 Å². The van der Waals surface area contributed by atoms with Crippen molar-refractivity contribution in [1.82, 2.24) is 0 Å². The molecule has 0 N–H and O–H groups in total. The van der Waals surface area contributed by atoms with E-state index in [1.54, 1.807) is 0 Å². The van der Waals surface area contributed by atoms with Gasteiger partial charge in [-0.15, -0.1) is 0 Å². The summed E-state index contributed by atoms with van der Waals surface area (Å²) in [6.07, 6.45) is 3.08. The molecule has 1 heterocycles. The summed E-state index contributed by atoms with van der Waals surface area (Å²) in [6, 6.07) is 9.17. The van der Waals surface area contributed by atoms with E-state index in [4.69, 9.17) is 0 Å². The van der Waals surface area contributed by atoms with E-state index in [-0.39, 0.29) is 0 Å². The summed E-state index contributed by atoms with van der Waals surface area (Å²) in [4.78, 5) is 4.10. The van der Waals surface area contributed by atoms with Gasteiger partial charge in [-0.25, -0.2) is 0 Å². The first-order chi connectivity index (χ1) is 5.34. The summed E-state index contributed by atoms with van der Waals surface area (Å²) < 4.78 is 0. The van der Waals surface area contributed by atoms with Crippen molar-refractivity contribution in [3.8, 4) is 0 Å². The summed E-state index contributed by atoms with van der Waals surface area (Å²) in [7, 11) is 0. The predicted octanol–water partition coefficient (Wildman–Crippen LogP) is 1.99. The molecule has 0 saturated carbocycles. The molecule has 1 aliphatic rings. The Morgan fingerprint density at radius 2 is 1.91 bits per heavy atom. The Labute approximate surface area is 66.8 Å². The van der Waals surface area contributed by atoms with Gasteiger partial charge in [-0.1, -0.05) is 29.8 Å². The molecule has 11 heavy (non-hydrogen) atoms. The van der Waals surface area contributed by atoms with Gasteiger partial charge in [0.1, 0.15) is 0 Å². The largest absolute Gasteiger partial charge is 0.286 e. The molecule has 2 rings (SSSR count). The molecule has 0 aliphatic carbocycles. The van der Waals surface area contributed by atoms with Crippen LogP contribution in [0.5, 0.6) is 0 Å². The standard InChI is InChI=1S/C10H11N/c1-8-2-4-9(5-3-8)6-10-7-11-10/h2-5,7,10H,6H2,1H3. The van der Waals surface area contributed by atoms with Crippen LogP contribution >= 0.6 is 0 Å². The molecule has 0 radical (unpaired) electrons. The lowest BCUT2D eigenvalue weighted by molar-refractivity contribution is 0.966. The number of hydrogen-bond donors (Lipinski definition) is 0. The second-order valence-electron chi connectivity index (χ2n) is 3.06. The van der Waals surface area contributed by atoms with E-state index >= 15 is 0 Å². The van der Waals surface area contributed by atoms with Crippen LogP contribution in [0, 0.1) is 6.92 Å². The molecule has 1 aliphatic heterocycles. The monoisotopic (exact) mass is 145 g/mol. The lowest BCUT2D eigenvalue weighted by atomic mass is 10.1. The van der Waals surface area contributed by atoms with Gasteiger partial charge < -0.3 is 0 Å². The maximum absolute atomic E-state index is 4.10. The zero-order chi connectivity index (χ0) is 7.68. The van der Waals surface area contributed by atoms with Gasteiger partial charge >= 0.3 is 0 Å². The highest BCUT2D eigenvalue weighted by Gasteiger charge is 2.12. The fourth-order valence-electron chi connectivity index (χ4n) is 1.13. The first-order valence-electron chi connectivity index (χ1n) is 3.93. The molecular formula is C10H11N. The average Bonchev–Trinajstić information content (AvgIpc) is 2.78. The highest BCUT2D eigenvalue weighted by Crippen LogP contribution is 2.11. The van der Waals surface area contributed by atoms with E-state index in [1.807, 2.05) is 6.21 Å². The summed E-state index contributed by atoms with van der Waals surface area (Å²) in [5, 5.41) is 0. The van der Waals surface area contributed by atoms with Crippen molar-refractivity contribution >= 4 is 6.21 Å². The van der Waals surface area contributed by atoms with Crippen molar-refractivity contribution in [2.75, 3.05) is 0 Å². The van der Waals surface area contributed by atoms with E-state index in [1.165, 1.54) is 11.1 Å². The van der Waals surface area contributed by atoms with Crippen LogP contribution in [0.25, 0.3) is 0 Å². The second-order valence-corrected chi connectivity index (χ2v) is 3.06. The quantitative estimate of drug-likeness (QED) is 0.603. The molecule has 0 aromatic heterocycles. The molecule has 1 atom stereocenters. The number of nitrogens with zero attached hydrogens (tertiary/aromatic N) is 1. The molecule has 0 bridgehead atoms. The smallest absolute Gasteiger partial charge is 0.0883 e. The fraction of sp³-hybridized carbons (Fsp3) is 0.300. The van der Waals surface area contributed by atoms with Gasteiger partial charge in [0.05, 0.1) is 6.04 Å². The first kappa shape index (κ1) is 6.59. The maximum Gasteiger partial charge on any atom is 0.0883 e. The summed E-state index contributed by atoms with van der Waals surface area (Å²) in [5.74, 6) is 0. The minimum absolute atomic E-state index is 0.512. The van der Waals surface area contributed by atoms with Crippen LogP contribution in [0.3, 0.4) is 0 Å². The van der Waals surface area contributed by atoms with Gasteiger partial charge in [-0.05, 0) is 18.9 Å². The Bertz CT molecular complexity index is 265. The lowest BCUT2D eigenvalue weighted by Gasteiger charge is -1.97. The molecule has 56 valence electrons. The number of aliphatic imine (C=N–C) groups is 1. The molecule has 1 nitrogen and oxygen atoms in total. The average molecular weight is 145 g/mol. The Kier molecular flexibility index (Phi) is 1.50. The van der Waals surface area contributed by atoms with Gasteiger partial charge in [0.15, 0.2) is 0 Å². The molecule has 1 heteroatoms. The molecule has 0 spiro atoms. The third kappa shape index (κ3) is 1.67. The normalized spacial score (nSPS) is 20.3. The van der Waals surface area contributed by atoms with Crippen LogP contribution in [0.1, 0.15) is 11.1 Å². The van der Waals surface area contributed by atoms with Crippen LogP contribution in [-0.2, 0) is 6.42 Å². The van der Waals surface area contributed by atoms with Crippen molar-refractivity contribution in [3.63, 3.8) is 0 Å². The van der Waals surface area contributed by atoms with Gasteiger partial charge in [-0.3, -0.25) is 4.99 Å². The number of benzene rings is 1. The minimum Gasteiger partial charge on any atom is -0.286 e. The van der Waals surface area contributed by atoms with Crippen molar-refractivity contribution < 1.29 is 0 Å². The highest BCUT2D eigenvalue weighted by molar-refractivity contribution is 5.78. The zero-order valence-electron chi connectivity index (χ0n) is 6.62. The molecule has 0 fully saturated rings. The topological polar surface area (TPSA) is 12.4 Å². The zero-order valence-corrected chi connectivity index (χ0v) is 6.62. The Hall–Kier alpha value is -1.11.